The Morgan fingerprint density at radius 1 is 1.05 bits per heavy atom. The Hall–Kier alpha value is -3.91. The van der Waals surface area contributed by atoms with Crippen LogP contribution in [0.3, 0.4) is 0 Å². The topological polar surface area (TPSA) is 101 Å². The molecule has 1 atom stereocenters. The molecule has 4 aromatic heterocycles. The lowest BCUT2D eigenvalue weighted by Gasteiger charge is -2.40. The van der Waals surface area contributed by atoms with Crippen LogP contribution in [-0.4, -0.2) is 44.1 Å². The van der Waals surface area contributed by atoms with Gasteiger partial charge in [0.2, 0.25) is 0 Å². The predicted octanol–water partition coefficient (Wildman–Crippen LogP) is 6.89. The van der Waals surface area contributed by atoms with E-state index < -0.39 is 0 Å². The van der Waals surface area contributed by atoms with Gasteiger partial charge in [0.05, 0.1) is 11.7 Å². The highest BCUT2D eigenvalue weighted by atomic mass is 15.1. The van der Waals surface area contributed by atoms with Crippen LogP contribution in [0.2, 0.25) is 0 Å². The Labute approximate surface area is 242 Å². The number of nitrogens with one attached hydrogen (secondary N) is 3. The zero-order valence-electron chi connectivity index (χ0n) is 24.5. The fourth-order valence-corrected chi connectivity index (χ4v) is 5.94. The van der Waals surface area contributed by atoms with E-state index in [0.717, 1.165) is 65.3 Å². The molecule has 5 heterocycles. The number of rotatable bonds is 8. The molecule has 212 valence electrons. The standard InChI is InChI=1S/C33H40N8/c1-5-8-22-11-12-28(37-25(22)6-2)40-29-17-23(13-16-36-29)31-38-26-19-35-18-24(21-9-7-10-21)30(26)32(41-31)39-27-14-15-34-20-33(27,3)4/h5,8,11-13,16-19,21,27,34H,6-7,9-10,14-15,20H2,1-4H3,(H,36,37,40)(H,38,39,41)/b8-5-/t27-/m1/s1. The summed E-state index contributed by atoms with van der Waals surface area (Å²) in [5.74, 6) is 3.57. The lowest BCUT2D eigenvalue weighted by Crippen LogP contribution is -2.49. The normalized spacial score (nSPS) is 18.9. The SMILES string of the molecule is C/C=C\c1ccc(Nc2cc(-c3nc(N[C@@H]4CCNCC4(C)C)c4c(C5CCC5)cncc4n3)ccn2)nc1CC. The Morgan fingerprint density at radius 3 is 2.68 bits per heavy atom. The number of nitrogens with zero attached hydrogens (tertiary/aromatic N) is 5. The molecule has 0 aromatic carbocycles. The average Bonchev–Trinajstić information content (AvgIpc) is 2.94. The zero-order valence-corrected chi connectivity index (χ0v) is 24.5. The smallest absolute Gasteiger partial charge is 0.162 e. The second-order valence-corrected chi connectivity index (χ2v) is 11.9. The molecule has 6 rings (SSSR count). The fourth-order valence-electron chi connectivity index (χ4n) is 5.94. The highest BCUT2D eigenvalue weighted by molar-refractivity contribution is 5.93. The van der Waals surface area contributed by atoms with Crippen LogP contribution in [0, 0.1) is 5.41 Å². The van der Waals surface area contributed by atoms with Crippen LogP contribution < -0.4 is 16.0 Å². The Bertz CT molecular complexity index is 1570. The Kier molecular flexibility index (Phi) is 7.67. The van der Waals surface area contributed by atoms with Crippen LogP contribution in [0.25, 0.3) is 28.4 Å². The maximum atomic E-state index is 5.19. The number of piperidine rings is 1. The van der Waals surface area contributed by atoms with Gasteiger partial charge < -0.3 is 16.0 Å². The van der Waals surface area contributed by atoms with Crippen LogP contribution in [0.4, 0.5) is 17.5 Å². The number of hydrogen-bond donors (Lipinski definition) is 3. The largest absolute Gasteiger partial charge is 0.366 e. The maximum Gasteiger partial charge on any atom is 0.162 e. The summed E-state index contributed by atoms with van der Waals surface area (Å²) in [6.45, 7) is 10.8. The van der Waals surface area contributed by atoms with E-state index in [2.05, 4.69) is 58.8 Å². The molecule has 0 amide bonds. The van der Waals surface area contributed by atoms with Crippen molar-refractivity contribution in [3.05, 3.63) is 65.8 Å². The van der Waals surface area contributed by atoms with Crippen LogP contribution in [0.5, 0.6) is 0 Å². The highest BCUT2D eigenvalue weighted by Crippen LogP contribution is 2.42. The predicted molar refractivity (Wildman–Crippen MR) is 167 cm³/mol. The zero-order chi connectivity index (χ0) is 28.4. The van der Waals surface area contributed by atoms with Crippen LogP contribution >= 0.6 is 0 Å². The molecule has 2 aliphatic rings. The van der Waals surface area contributed by atoms with Crippen LogP contribution in [0.15, 0.2) is 48.9 Å². The van der Waals surface area contributed by atoms with Crippen molar-refractivity contribution in [2.75, 3.05) is 23.7 Å². The number of anilines is 3. The van der Waals surface area contributed by atoms with Gasteiger partial charge in [-0.15, -0.1) is 0 Å². The molecule has 1 saturated heterocycles. The highest BCUT2D eigenvalue weighted by Gasteiger charge is 2.33. The van der Waals surface area contributed by atoms with Crippen LogP contribution in [-0.2, 0) is 6.42 Å². The summed E-state index contributed by atoms with van der Waals surface area (Å²) in [4.78, 5) is 24.2. The van der Waals surface area contributed by atoms with Gasteiger partial charge in [-0.25, -0.2) is 19.9 Å². The lowest BCUT2D eigenvalue weighted by molar-refractivity contribution is 0.236. The van der Waals surface area contributed by atoms with E-state index in [1.165, 1.54) is 24.8 Å². The molecule has 0 spiro atoms. The third-order valence-corrected chi connectivity index (χ3v) is 8.59. The summed E-state index contributed by atoms with van der Waals surface area (Å²) in [6.07, 6.45) is 15.4. The van der Waals surface area contributed by atoms with Crippen molar-refractivity contribution in [1.29, 1.82) is 0 Å². The van der Waals surface area contributed by atoms with Gasteiger partial charge in [0, 0.05) is 41.6 Å². The summed E-state index contributed by atoms with van der Waals surface area (Å²) in [5, 5.41) is 11.9. The molecular formula is C33H40N8. The molecule has 0 unspecified atom stereocenters. The minimum Gasteiger partial charge on any atom is -0.366 e. The molecule has 1 aliphatic carbocycles. The fraction of sp³-hybridized carbons (Fsp3) is 0.424. The van der Waals surface area contributed by atoms with Crippen molar-refractivity contribution in [2.45, 2.75) is 71.8 Å². The van der Waals surface area contributed by atoms with Gasteiger partial charge >= 0.3 is 0 Å². The first-order valence-corrected chi connectivity index (χ1v) is 14.9. The number of aryl methyl sites for hydroxylation is 1. The average molecular weight is 549 g/mol. The molecule has 41 heavy (non-hydrogen) atoms. The summed E-state index contributed by atoms with van der Waals surface area (Å²) in [7, 11) is 0. The van der Waals surface area contributed by atoms with Crippen molar-refractivity contribution in [3.63, 3.8) is 0 Å². The molecular weight excluding hydrogens is 508 g/mol. The van der Waals surface area contributed by atoms with E-state index >= 15 is 0 Å². The van der Waals surface area contributed by atoms with Gasteiger partial charge in [0.25, 0.3) is 0 Å². The second kappa shape index (κ2) is 11.5. The van der Waals surface area contributed by atoms with Crippen LogP contribution in [0.1, 0.15) is 76.1 Å². The number of aromatic nitrogens is 5. The van der Waals surface area contributed by atoms with Gasteiger partial charge in [0.15, 0.2) is 5.82 Å². The van der Waals surface area contributed by atoms with Gasteiger partial charge in [-0.05, 0) is 85.9 Å². The van der Waals surface area contributed by atoms with Crippen molar-refractivity contribution in [1.82, 2.24) is 30.2 Å². The Balaban J connectivity index is 1.38. The minimum absolute atomic E-state index is 0.0971. The van der Waals surface area contributed by atoms with E-state index in [0.29, 0.717) is 23.6 Å². The van der Waals surface area contributed by atoms with Crippen molar-refractivity contribution in [3.8, 4) is 11.4 Å². The van der Waals surface area contributed by atoms with E-state index in [4.69, 9.17) is 15.0 Å². The molecule has 8 nitrogen and oxygen atoms in total. The van der Waals surface area contributed by atoms with E-state index in [-0.39, 0.29) is 5.41 Å². The van der Waals surface area contributed by atoms with Crippen molar-refractivity contribution in [2.24, 2.45) is 5.41 Å². The molecule has 0 bridgehead atoms. The first-order valence-electron chi connectivity index (χ1n) is 14.9. The third-order valence-electron chi connectivity index (χ3n) is 8.59. The van der Waals surface area contributed by atoms with E-state index in [9.17, 15) is 0 Å². The van der Waals surface area contributed by atoms with E-state index in [1.807, 2.05) is 43.6 Å². The molecule has 1 saturated carbocycles. The van der Waals surface area contributed by atoms with Gasteiger partial charge in [0.1, 0.15) is 17.5 Å². The maximum absolute atomic E-state index is 5.19. The molecule has 3 N–H and O–H groups in total. The molecule has 8 heteroatoms. The molecule has 4 aromatic rings. The van der Waals surface area contributed by atoms with Crippen molar-refractivity contribution < 1.29 is 0 Å². The van der Waals surface area contributed by atoms with Gasteiger partial charge in [-0.2, -0.15) is 0 Å². The first-order chi connectivity index (χ1) is 19.9. The van der Waals surface area contributed by atoms with E-state index in [1.54, 1.807) is 6.20 Å². The molecule has 1 aliphatic heterocycles. The first kappa shape index (κ1) is 27.3. The number of fused-ring (bicyclic) bond motifs is 1. The monoisotopic (exact) mass is 548 g/mol. The lowest BCUT2D eigenvalue weighted by atomic mass is 9.78. The minimum atomic E-state index is 0.0971. The van der Waals surface area contributed by atoms with Crippen molar-refractivity contribution >= 4 is 34.4 Å². The summed E-state index contributed by atoms with van der Waals surface area (Å²) < 4.78 is 0. The number of allylic oxidation sites excluding steroid dienone is 1. The third kappa shape index (κ3) is 5.66. The van der Waals surface area contributed by atoms with Gasteiger partial charge in [-0.3, -0.25) is 4.98 Å². The second-order valence-electron chi connectivity index (χ2n) is 11.9. The summed E-state index contributed by atoms with van der Waals surface area (Å²) in [5.41, 5.74) is 5.33. The molecule has 2 fully saturated rings. The van der Waals surface area contributed by atoms with Gasteiger partial charge in [-0.1, -0.05) is 39.3 Å². The quantitative estimate of drug-likeness (QED) is 0.219. The number of pyridine rings is 3. The Morgan fingerprint density at radius 2 is 1.93 bits per heavy atom. The number of hydrogen-bond acceptors (Lipinski definition) is 8. The summed E-state index contributed by atoms with van der Waals surface area (Å²) >= 11 is 0. The summed E-state index contributed by atoms with van der Waals surface area (Å²) in [6, 6.07) is 8.35. The molecule has 0 radical (unpaired) electrons.